The van der Waals surface area contributed by atoms with Gasteiger partial charge in [0.05, 0.1) is 19.4 Å². The number of aromatic nitrogens is 2. The van der Waals surface area contributed by atoms with E-state index in [1.165, 1.54) is 6.07 Å². The van der Waals surface area contributed by atoms with Crippen LogP contribution in [0, 0.1) is 5.92 Å². The molecule has 2 aromatic rings. The van der Waals surface area contributed by atoms with E-state index in [0.717, 1.165) is 5.56 Å². The van der Waals surface area contributed by atoms with Gasteiger partial charge in [-0.15, -0.1) is 0 Å². The second kappa shape index (κ2) is 6.23. The molecule has 1 aromatic heterocycles. The maximum atomic E-state index is 11.0. The van der Waals surface area contributed by atoms with Crippen LogP contribution in [0.1, 0.15) is 13.8 Å². The molecule has 0 saturated carbocycles. The lowest BCUT2D eigenvalue weighted by Crippen LogP contribution is -2.07. The zero-order valence-corrected chi connectivity index (χ0v) is 11.8. The summed E-state index contributed by atoms with van der Waals surface area (Å²) < 4.78 is 11.0. The Labute approximate surface area is 117 Å². The Morgan fingerprint density at radius 3 is 2.60 bits per heavy atom. The molecule has 1 heterocycles. The van der Waals surface area contributed by atoms with E-state index in [1.807, 2.05) is 18.2 Å². The zero-order chi connectivity index (χ0) is 14.5. The van der Waals surface area contributed by atoms with Crippen molar-refractivity contribution in [3.8, 4) is 22.8 Å². The van der Waals surface area contributed by atoms with Gasteiger partial charge in [-0.1, -0.05) is 13.8 Å². The van der Waals surface area contributed by atoms with E-state index in [1.54, 1.807) is 13.2 Å². The van der Waals surface area contributed by atoms with Gasteiger partial charge in [-0.2, -0.15) is 5.10 Å². The Morgan fingerprint density at radius 1 is 1.20 bits per heavy atom. The molecule has 1 N–H and O–H groups in total. The number of hydrogen-bond donors (Lipinski definition) is 1. The Balaban J connectivity index is 2.33. The lowest BCUT2D eigenvalue weighted by Gasteiger charge is -2.13. The molecule has 0 bridgehead atoms. The number of methoxy groups -OCH3 is 1. The van der Waals surface area contributed by atoms with E-state index in [9.17, 15) is 4.79 Å². The van der Waals surface area contributed by atoms with Crippen LogP contribution in [0.3, 0.4) is 0 Å². The van der Waals surface area contributed by atoms with E-state index >= 15 is 0 Å². The molecule has 0 aliphatic rings. The quantitative estimate of drug-likeness (QED) is 0.909. The van der Waals surface area contributed by atoms with Gasteiger partial charge >= 0.3 is 0 Å². The zero-order valence-electron chi connectivity index (χ0n) is 11.8. The molecule has 5 heteroatoms. The molecule has 0 radical (unpaired) electrons. The molecule has 2 rings (SSSR count). The molecule has 0 unspecified atom stereocenters. The average molecular weight is 274 g/mol. The van der Waals surface area contributed by atoms with Crippen molar-refractivity contribution >= 4 is 0 Å². The third kappa shape index (κ3) is 3.38. The van der Waals surface area contributed by atoms with Crippen LogP contribution in [-0.2, 0) is 0 Å². The van der Waals surface area contributed by atoms with E-state index < -0.39 is 0 Å². The highest BCUT2D eigenvalue weighted by Crippen LogP contribution is 2.31. The first-order chi connectivity index (χ1) is 9.60. The van der Waals surface area contributed by atoms with Gasteiger partial charge in [-0.3, -0.25) is 4.79 Å². The third-order valence-electron chi connectivity index (χ3n) is 2.71. The molecule has 0 aliphatic carbocycles. The smallest absolute Gasteiger partial charge is 0.264 e. The number of benzene rings is 1. The van der Waals surface area contributed by atoms with Gasteiger partial charge in [-0.05, 0) is 30.2 Å². The number of ether oxygens (including phenoxy) is 2. The lowest BCUT2D eigenvalue weighted by molar-refractivity contribution is 0.257. The molecule has 0 aliphatic heterocycles. The van der Waals surface area contributed by atoms with Gasteiger partial charge < -0.3 is 9.47 Å². The maximum absolute atomic E-state index is 11.0. The van der Waals surface area contributed by atoms with Gasteiger partial charge in [-0.25, -0.2) is 5.10 Å². The van der Waals surface area contributed by atoms with Crippen molar-refractivity contribution in [1.29, 1.82) is 0 Å². The molecule has 0 atom stereocenters. The van der Waals surface area contributed by atoms with Crippen molar-refractivity contribution in [2.24, 2.45) is 5.92 Å². The highest BCUT2D eigenvalue weighted by molar-refractivity contribution is 5.63. The Bertz CT molecular complexity index is 615. The third-order valence-corrected chi connectivity index (χ3v) is 2.71. The maximum Gasteiger partial charge on any atom is 0.264 e. The van der Waals surface area contributed by atoms with Crippen molar-refractivity contribution in [3.63, 3.8) is 0 Å². The monoisotopic (exact) mass is 274 g/mol. The molecule has 5 nitrogen and oxygen atoms in total. The van der Waals surface area contributed by atoms with E-state index in [4.69, 9.17) is 9.47 Å². The summed E-state index contributed by atoms with van der Waals surface area (Å²) in [5, 5.41) is 6.43. The van der Waals surface area contributed by atoms with Crippen molar-refractivity contribution < 1.29 is 9.47 Å². The highest BCUT2D eigenvalue weighted by atomic mass is 16.5. The van der Waals surface area contributed by atoms with Crippen LogP contribution in [0.2, 0.25) is 0 Å². The second-order valence-electron chi connectivity index (χ2n) is 4.88. The van der Waals surface area contributed by atoms with Crippen molar-refractivity contribution in [3.05, 3.63) is 40.7 Å². The van der Waals surface area contributed by atoms with Crippen LogP contribution in [-0.4, -0.2) is 23.9 Å². The summed E-state index contributed by atoms with van der Waals surface area (Å²) >= 11 is 0. The number of hydrogen-bond acceptors (Lipinski definition) is 4. The van der Waals surface area contributed by atoms with Crippen LogP contribution >= 0.6 is 0 Å². The fourth-order valence-electron chi connectivity index (χ4n) is 1.71. The summed E-state index contributed by atoms with van der Waals surface area (Å²) in [6.45, 7) is 4.78. The largest absolute Gasteiger partial charge is 0.493 e. The highest BCUT2D eigenvalue weighted by Gasteiger charge is 2.09. The predicted octanol–water partition coefficient (Wildman–Crippen LogP) is 2.48. The number of H-pyrrole nitrogens is 1. The average Bonchev–Trinajstić information content (AvgIpc) is 2.45. The topological polar surface area (TPSA) is 64.2 Å². The minimum absolute atomic E-state index is 0.224. The van der Waals surface area contributed by atoms with Crippen LogP contribution in [0.5, 0.6) is 11.5 Å². The minimum Gasteiger partial charge on any atom is -0.493 e. The first-order valence-electron chi connectivity index (χ1n) is 6.47. The number of nitrogens with zero attached hydrogens (tertiary/aromatic N) is 1. The first kappa shape index (κ1) is 14.1. The molecule has 106 valence electrons. The van der Waals surface area contributed by atoms with Crippen molar-refractivity contribution in [2.45, 2.75) is 13.8 Å². The Hall–Kier alpha value is -2.30. The molecule has 0 amide bonds. The van der Waals surface area contributed by atoms with Crippen LogP contribution < -0.4 is 15.0 Å². The van der Waals surface area contributed by atoms with Gasteiger partial charge in [0.25, 0.3) is 5.56 Å². The SMILES string of the molecule is COc1ccc(-c2ccc(=O)[nH]n2)cc1OCC(C)C. The molecule has 0 spiro atoms. The van der Waals surface area contributed by atoms with Crippen LogP contribution in [0.25, 0.3) is 11.3 Å². The van der Waals surface area contributed by atoms with Crippen LogP contribution in [0.15, 0.2) is 35.1 Å². The standard InChI is InChI=1S/C15H18N2O3/c1-10(2)9-20-14-8-11(4-6-13(14)19-3)12-5-7-15(18)17-16-12/h4-8,10H,9H2,1-3H3,(H,17,18). The summed E-state index contributed by atoms with van der Waals surface area (Å²) in [6.07, 6.45) is 0. The minimum atomic E-state index is -0.224. The summed E-state index contributed by atoms with van der Waals surface area (Å²) in [6, 6.07) is 8.69. The summed E-state index contributed by atoms with van der Waals surface area (Å²) in [4.78, 5) is 11.0. The number of rotatable bonds is 5. The molecule has 20 heavy (non-hydrogen) atoms. The predicted molar refractivity (Wildman–Crippen MR) is 77.2 cm³/mol. The molecular weight excluding hydrogens is 256 g/mol. The van der Waals surface area contributed by atoms with Gasteiger partial charge in [0, 0.05) is 11.6 Å². The number of aromatic amines is 1. The lowest BCUT2D eigenvalue weighted by atomic mass is 10.1. The van der Waals surface area contributed by atoms with Gasteiger partial charge in [0.1, 0.15) is 0 Å². The first-order valence-corrected chi connectivity index (χ1v) is 6.47. The van der Waals surface area contributed by atoms with Crippen LogP contribution in [0.4, 0.5) is 0 Å². The Morgan fingerprint density at radius 2 is 2.00 bits per heavy atom. The summed E-state index contributed by atoms with van der Waals surface area (Å²) in [7, 11) is 1.61. The van der Waals surface area contributed by atoms with E-state index in [2.05, 4.69) is 24.0 Å². The van der Waals surface area contributed by atoms with Crippen molar-refractivity contribution in [1.82, 2.24) is 10.2 Å². The molecular formula is C15H18N2O3. The molecule has 0 saturated heterocycles. The van der Waals surface area contributed by atoms with E-state index in [0.29, 0.717) is 29.7 Å². The fraction of sp³-hybridized carbons (Fsp3) is 0.333. The molecule has 0 fully saturated rings. The normalized spacial score (nSPS) is 10.6. The Kier molecular flexibility index (Phi) is 4.40. The summed E-state index contributed by atoms with van der Waals surface area (Å²) in [5.74, 6) is 1.78. The van der Waals surface area contributed by atoms with E-state index in [-0.39, 0.29) is 5.56 Å². The van der Waals surface area contributed by atoms with Crippen molar-refractivity contribution in [2.75, 3.05) is 13.7 Å². The summed E-state index contributed by atoms with van der Waals surface area (Å²) in [5.41, 5.74) is 1.32. The van der Waals surface area contributed by atoms with Gasteiger partial charge in [0.15, 0.2) is 11.5 Å². The molecule has 1 aromatic carbocycles. The fourth-order valence-corrected chi connectivity index (χ4v) is 1.71. The second-order valence-corrected chi connectivity index (χ2v) is 4.88. The van der Waals surface area contributed by atoms with Gasteiger partial charge in [0.2, 0.25) is 0 Å². The number of nitrogens with one attached hydrogen (secondary N) is 1.